The highest BCUT2D eigenvalue weighted by molar-refractivity contribution is 6.01. The van der Waals surface area contributed by atoms with E-state index in [2.05, 4.69) is 15.7 Å². The van der Waals surface area contributed by atoms with Gasteiger partial charge in [-0.05, 0) is 99.5 Å². The van der Waals surface area contributed by atoms with E-state index in [1.807, 2.05) is 13.8 Å². The fraction of sp³-hybridized carbons (Fsp3) is 0.556. The number of benzene rings is 1. The van der Waals surface area contributed by atoms with Crippen LogP contribution in [0.1, 0.15) is 73.6 Å². The van der Waals surface area contributed by atoms with Gasteiger partial charge in [-0.1, -0.05) is 6.07 Å². The van der Waals surface area contributed by atoms with E-state index in [-0.39, 0.29) is 23.8 Å². The molecule has 0 saturated heterocycles. The van der Waals surface area contributed by atoms with Crippen molar-refractivity contribution in [3.05, 3.63) is 47.3 Å². The summed E-state index contributed by atoms with van der Waals surface area (Å²) in [5.41, 5.74) is 1.11. The molecule has 1 unspecified atom stereocenters. The van der Waals surface area contributed by atoms with Gasteiger partial charge in [0.25, 0.3) is 5.91 Å². The molecule has 9 nitrogen and oxygen atoms in total. The molecule has 1 aromatic heterocycles. The van der Waals surface area contributed by atoms with Gasteiger partial charge in [0.05, 0.1) is 6.61 Å². The molecule has 2 amide bonds. The van der Waals surface area contributed by atoms with Gasteiger partial charge in [-0.25, -0.2) is 0 Å². The smallest absolute Gasteiger partial charge is 0.316 e. The van der Waals surface area contributed by atoms with Crippen LogP contribution in [0.5, 0.6) is 0 Å². The van der Waals surface area contributed by atoms with Crippen molar-refractivity contribution >= 4 is 23.5 Å². The molecule has 3 aliphatic carbocycles. The fourth-order valence-corrected chi connectivity index (χ4v) is 5.85. The predicted octanol–water partition coefficient (Wildman–Crippen LogP) is 2.90. The average molecular weight is 495 g/mol. The number of aliphatic hydroxyl groups is 1. The van der Waals surface area contributed by atoms with Gasteiger partial charge in [0.1, 0.15) is 17.2 Å². The van der Waals surface area contributed by atoms with Crippen LogP contribution in [0.4, 0.5) is 5.69 Å². The van der Waals surface area contributed by atoms with Crippen molar-refractivity contribution in [1.82, 2.24) is 15.1 Å². The van der Waals surface area contributed by atoms with Crippen LogP contribution in [0.2, 0.25) is 0 Å². The molecule has 2 saturated carbocycles. The van der Waals surface area contributed by atoms with Gasteiger partial charge in [-0.15, -0.1) is 0 Å². The first kappa shape index (κ1) is 24.5. The molecule has 2 atom stereocenters. The number of aliphatic carboxylic acids is 1. The topological polar surface area (TPSA) is 134 Å². The minimum Gasteiger partial charge on any atom is -0.481 e. The number of hydrogen-bond acceptors (Lipinski definition) is 5. The van der Waals surface area contributed by atoms with E-state index in [1.165, 1.54) is 0 Å². The maximum absolute atomic E-state index is 13.7. The largest absolute Gasteiger partial charge is 0.481 e. The number of hydrogen-bond donors (Lipinski definition) is 4. The van der Waals surface area contributed by atoms with Gasteiger partial charge in [-0.3, -0.25) is 19.1 Å². The van der Waals surface area contributed by atoms with Crippen LogP contribution < -0.4 is 10.6 Å². The first-order valence-electron chi connectivity index (χ1n) is 12.9. The third-order valence-corrected chi connectivity index (χ3v) is 8.07. The van der Waals surface area contributed by atoms with Crippen molar-refractivity contribution in [2.24, 2.45) is 17.8 Å². The first-order valence-corrected chi connectivity index (χ1v) is 12.9. The molecule has 0 bridgehead atoms. The number of carbonyl (C=O) groups excluding carboxylic acids is 2. The highest BCUT2D eigenvalue weighted by atomic mass is 16.4. The van der Waals surface area contributed by atoms with Gasteiger partial charge >= 0.3 is 5.97 Å². The standard InChI is InChI=1S/C27H34N4O5/c1-15(2)31-21(10-12-28-31)24(33)30-23(22(16-3-4-16)17-5-6-17)25(34)29-19-7-8-20-18(13-19)9-11-27(20,14-32)26(35)36/h7-8,10,12-13,15-17,22-23,32H,3-6,9,11,14H2,1-2H3,(H,29,34)(H,30,33)(H,35,36)/t23-,27?/m0/s1. The second-order valence-corrected chi connectivity index (χ2v) is 10.9. The molecule has 2 fully saturated rings. The Balaban J connectivity index is 1.39. The van der Waals surface area contributed by atoms with Crippen LogP contribution in [0.15, 0.2) is 30.5 Å². The Hall–Kier alpha value is -3.20. The number of nitrogens with one attached hydrogen (secondary N) is 2. The van der Waals surface area contributed by atoms with Crippen LogP contribution in [0, 0.1) is 17.8 Å². The summed E-state index contributed by atoms with van der Waals surface area (Å²) < 4.78 is 1.66. The van der Waals surface area contributed by atoms with Gasteiger partial charge in [-0.2, -0.15) is 5.10 Å². The van der Waals surface area contributed by atoms with Crippen molar-refractivity contribution < 1.29 is 24.6 Å². The number of rotatable bonds is 10. The van der Waals surface area contributed by atoms with Crippen molar-refractivity contribution in [1.29, 1.82) is 0 Å². The summed E-state index contributed by atoms with van der Waals surface area (Å²) in [6, 6.07) is 6.19. The van der Waals surface area contributed by atoms with Crippen LogP contribution >= 0.6 is 0 Å². The van der Waals surface area contributed by atoms with E-state index in [4.69, 9.17) is 0 Å². The van der Waals surface area contributed by atoms with Crippen LogP contribution in [-0.2, 0) is 21.4 Å². The van der Waals surface area contributed by atoms with Crippen molar-refractivity contribution in [3.63, 3.8) is 0 Å². The van der Waals surface area contributed by atoms with E-state index in [0.29, 0.717) is 41.6 Å². The van der Waals surface area contributed by atoms with Crippen LogP contribution in [0.25, 0.3) is 0 Å². The molecule has 5 rings (SSSR count). The second-order valence-electron chi connectivity index (χ2n) is 10.9. The van der Waals surface area contributed by atoms with Gasteiger partial charge in [0.2, 0.25) is 5.91 Å². The number of carboxylic acids is 1. The van der Waals surface area contributed by atoms with Gasteiger partial charge in [0, 0.05) is 17.9 Å². The molecule has 1 aromatic carbocycles. The van der Waals surface area contributed by atoms with Gasteiger partial charge in [0.15, 0.2) is 0 Å². The Morgan fingerprint density at radius 2 is 1.83 bits per heavy atom. The number of aromatic nitrogens is 2. The van der Waals surface area contributed by atoms with Crippen molar-refractivity contribution in [2.45, 2.75) is 69.9 Å². The highest BCUT2D eigenvalue weighted by Crippen LogP contribution is 2.51. The first-order chi connectivity index (χ1) is 17.2. The Bertz CT molecular complexity index is 1170. The number of aliphatic hydroxyl groups excluding tert-OH is 1. The maximum atomic E-state index is 13.7. The Morgan fingerprint density at radius 3 is 2.42 bits per heavy atom. The summed E-state index contributed by atoms with van der Waals surface area (Å²) in [5.74, 6) is -0.648. The summed E-state index contributed by atoms with van der Waals surface area (Å²) in [7, 11) is 0. The molecule has 0 radical (unpaired) electrons. The minimum atomic E-state index is -1.29. The molecule has 9 heteroatoms. The molecule has 0 spiro atoms. The number of fused-ring (bicyclic) bond motifs is 1. The SMILES string of the molecule is CC(C)n1nccc1C(=O)N[C@H](C(=O)Nc1ccc2c(c1)CCC2(CO)C(=O)O)C(C1CC1)C1CC1. The number of carbonyl (C=O) groups is 3. The van der Waals surface area contributed by atoms with Crippen molar-refractivity contribution in [3.8, 4) is 0 Å². The highest BCUT2D eigenvalue weighted by Gasteiger charge is 2.49. The molecule has 1 heterocycles. The quantitative estimate of drug-likeness (QED) is 0.401. The molecular weight excluding hydrogens is 460 g/mol. The van der Waals surface area contributed by atoms with Crippen molar-refractivity contribution in [2.75, 3.05) is 11.9 Å². The normalized spacial score (nSPS) is 21.9. The average Bonchev–Trinajstić information content (AvgIpc) is 3.77. The summed E-state index contributed by atoms with van der Waals surface area (Å²) in [4.78, 5) is 38.8. The zero-order valence-corrected chi connectivity index (χ0v) is 20.7. The van der Waals surface area contributed by atoms with E-state index in [1.54, 1.807) is 35.1 Å². The number of anilines is 1. The maximum Gasteiger partial charge on any atom is 0.316 e. The summed E-state index contributed by atoms with van der Waals surface area (Å²) in [5, 5.41) is 29.8. The fourth-order valence-electron chi connectivity index (χ4n) is 5.85. The monoisotopic (exact) mass is 494 g/mol. The third-order valence-electron chi connectivity index (χ3n) is 8.07. The molecule has 0 aliphatic heterocycles. The molecular formula is C27H34N4O5. The van der Waals surface area contributed by atoms with Gasteiger partial charge < -0.3 is 20.8 Å². The Kier molecular flexibility index (Phi) is 6.36. The molecule has 2 aromatic rings. The number of aryl methyl sites for hydroxylation is 1. The Labute approximate surface area is 210 Å². The lowest BCUT2D eigenvalue weighted by atomic mass is 9.83. The Morgan fingerprint density at radius 1 is 1.14 bits per heavy atom. The summed E-state index contributed by atoms with van der Waals surface area (Å²) in [6.07, 6.45) is 6.71. The molecule has 192 valence electrons. The van der Waals surface area contributed by atoms with Crippen LogP contribution in [-0.4, -0.2) is 50.4 Å². The number of nitrogens with zero attached hydrogens (tertiary/aromatic N) is 2. The molecule has 4 N–H and O–H groups in total. The van der Waals surface area contributed by atoms with E-state index in [9.17, 15) is 24.6 Å². The molecule has 3 aliphatic rings. The lowest BCUT2D eigenvalue weighted by Crippen LogP contribution is -2.50. The zero-order chi connectivity index (χ0) is 25.6. The third kappa shape index (κ3) is 4.40. The van der Waals surface area contributed by atoms with E-state index >= 15 is 0 Å². The summed E-state index contributed by atoms with van der Waals surface area (Å²) >= 11 is 0. The zero-order valence-electron chi connectivity index (χ0n) is 20.7. The minimum absolute atomic E-state index is 0.0129. The van der Waals surface area contributed by atoms with E-state index in [0.717, 1.165) is 31.2 Å². The summed E-state index contributed by atoms with van der Waals surface area (Å²) in [6.45, 7) is 3.44. The lowest BCUT2D eigenvalue weighted by Gasteiger charge is -2.28. The molecule has 36 heavy (non-hydrogen) atoms. The van der Waals surface area contributed by atoms with E-state index < -0.39 is 24.0 Å². The predicted molar refractivity (Wildman–Crippen MR) is 133 cm³/mol. The number of amides is 2. The second kappa shape index (κ2) is 9.35. The van der Waals surface area contributed by atoms with Crippen LogP contribution in [0.3, 0.4) is 0 Å². The lowest BCUT2D eigenvalue weighted by molar-refractivity contribution is -0.145. The number of carboxylic acid groups (broad SMARTS) is 1.